The smallest absolute Gasteiger partial charge is 0.240 e. The average molecular weight is 245 g/mol. The Kier molecular flexibility index (Phi) is 4.11. The average Bonchev–Trinajstić information content (AvgIpc) is 2.27. The van der Waals surface area contributed by atoms with Gasteiger partial charge in [0.25, 0.3) is 0 Å². The third-order valence-electron chi connectivity index (χ3n) is 2.03. The molecule has 0 aromatic heterocycles. The van der Waals surface area contributed by atoms with Crippen LogP contribution in [0.5, 0.6) is 0 Å². The number of hydrogen-bond acceptors (Lipinski definition) is 5. The van der Waals surface area contributed by atoms with E-state index in [0.29, 0.717) is 17.9 Å². The molecule has 90 valence electrons. The van der Waals surface area contributed by atoms with E-state index < -0.39 is 10.0 Å². The first kappa shape index (κ1) is 12.8. The number of aliphatic hydroxyl groups excluding tert-OH is 1. The van der Waals surface area contributed by atoms with Crippen LogP contribution < -0.4 is 15.8 Å². The highest BCUT2D eigenvalue weighted by atomic mass is 32.2. The molecule has 0 spiro atoms. The first-order chi connectivity index (χ1) is 7.51. The fourth-order valence-corrected chi connectivity index (χ4v) is 1.94. The Labute approximate surface area is 94.5 Å². The van der Waals surface area contributed by atoms with Crippen LogP contribution in [-0.2, 0) is 10.0 Å². The van der Waals surface area contributed by atoms with Gasteiger partial charge in [0.2, 0.25) is 10.0 Å². The number of rotatable bonds is 5. The second kappa shape index (κ2) is 5.15. The van der Waals surface area contributed by atoms with Gasteiger partial charge in [-0.2, -0.15) is 0 Å². The molecule has 16 heavy (non-hydrogen) atoms. The SMILES string of the molecule is CNS(=O)(=O)c1ccc(NCCO)c(N)c1. The molecule has 6 nitrogen and oxygen atoms in total. The van der Waals surface area contributed by atoms with Crippen LogP contribution >= 0.6 is 0 Å². The van der Waals surface area contributed by atoms with Crippen LogP contribution in [0.1, 0.15) is 0 Å². The van der Waals surface area contributed by atoms with Crippen molar-refractivity contribution in [2.45, 2.75) is 4.90 Å². The van der Waals surface area contributed by atoms with Crippen LogP contribution in [-0.4, -0.2) is 33.7 Å². The minimum absolute atomic E-state index is 0.0179. The Balaban J connectivity index is 3.00. The van der Waals surface area contributed by atoms with Crippen LogP contribution in [0.15, 0.2) is 23.1 Å². The van der Waals surface area contributed by atoms with E-state index in [9.17, 15) is 8.42 Å². The molecule has 0 unspecified atom stereocenters. The van der Waals surface area contributed by atoms with Crippen LogP contribution in [0.2, 0.25) is 0 Å². The largest absolute Gasteiger partial charge is 0.397 e. The highest BCUT2D eigenvalue weighted by molar-refractivity contribution is 7.89. The number of benzene rings is 1. The van der Waals surface area contributed by atoms with Crippen molar-refractivity contribution in [2.24, 2.45) is 0 Å². The number of aliphatic hydroxyl groups is 1. The van der Waals surface area contributed by atoms with E-state index >= 15 is 0 Å². The molecule has 0 saturated heterocycles. The minimum atomic E-state index is -3.47. The number of nitrogen functional groups attached to an aromatic ring is 1. The summed E-state index contributed by atoms with van der Waals surface area (Å²) in [6.07, 6.45) is 0. The Morgan fingerprint density at radius 1 is 1.44 bits per heavy atom. The van der Waals surface area contributed by atoms with E-state index in [1.165, 1.54) is 19.2 Å². The van der Waals surface area contributed by atoms with E-state index in [0.717, 1.165) is 0 Å². The summed E-state index contributed by atoms with van der Waals surface area (Å²) in [5.74, 6) is 0. The lowest BCUT2D eigenvalue weighted by molar-refractivity contribution is 0.311. The molecule has 0 heterocycles. The van der Waals surface area contributed by atoms with Gasteiger partial charge in [0.1, 0.15) is 0 Å². The Morgan fingerprint density at radius 3 is 2.62 bits per heavy atom. The number of nitrogens with two attached hydrogens (primary N) is 1. The van der Waals surface area contributed by atoms with Gasteiger partial charge in [0.05, 0.1) is 22.9 Å². The zero-order chi connectivity index (χ0) is 12.2. The minimum Gasteiger partial charge on any atom is -0.397 e. The van der Waals surface area contributed by atoms with Crippen molar-refractivity contribution in [1.29, 1.82) is 0 Å². The summed E-state index contributed by atoms with van der Waals surface area (Å²) < 4.78 is 25.1. The fourth-order valence-electron chi connectivity index (χ4n) is 1.18. The van der Waals surface area contributed by atoms with Crippen molar-refractivity contribution >= 4 is 21.4 Å². The van der Waals surface area contributed by atoms with Gasteiger partial charge in [-0.05, 0) is 25.2 Å². The first-order valence-electron chi connectivity index (χ1n) is 4.69. The van der Waals surface area contributed by atoms with E-state index in [-0.39, 0.29) is 11.5 Å². The molecular weight excluding hydrogens is 230 g/mol. The molecule has 5 N–H and O–H groups in total. The standard InChI is InChI=1S/C9H15N3O3S/c1-11-16(14,15)7-2-3-9(8(10)6-7)12-4-5-13/h2-3,6,11-13H,4-5,10H2,1H3. The van der Waals surface area contributed by atoms with Gasteiger partial charge in [-0.15, -0.1) is 0 Å². The molecule has 1 aromatic carbocycles. The Bertz CT molecular complexity index is 459. The summed E-state index contributed by atoms with van der Waals surface area (Å²) in [5, 5.41) is 11.5. The molecule has 0 atom stereocenters. The van der Waals surface area contributed by atoms with Crippen molar-refractivity contribution in [3.8, 4) is 0 Å². The van der Waals surface area contributed by atoms with Gasteiger partial charge in [0.15, 0.2) is 0 Å². The van der Waals surface area contributed by atoms with E-state index in [4.69, 9.17) is 10.8 Å². The van der Waals surface area contributed by atoms with Crippen molar-refractivity contribution in [1.82, 2.24) is 4.72 Å². The second-order valence-electron chi connectivity index (χ2n) is 3.11. The van der Waals surface area contributed by atoms with Crippen molar-refractivity contribution in [2.75, 3.05) is 31.2 Å². The summed E-state index contributed by atoms with van der Waals surface area (Å²) in [7, 11) is -2.13. The summed E-state index contributed by atoms with van der Waals surface area (Å²) >= 11 is 0. The monoisotopic (exact) mass is 245 g/mol. The highest BCUT2D eigenvalue weighted by Crippen LogP contribution is 2.22. The third-order valence-corrected chi connectivity index (χ3v) is 3.44. The van der Waals surface area contributed by atoms with Gasteiger partial charge >= 0.3 is 0 Å². The molecule has 0 bridgehead atoms. The second-order valence-corrected chi connectivity index (χ2v) is 4.99. The molecule has 0 amide bonds. The van der Waals surface area contributed by atoms with Gasteiger partial charge in [-0.3, -0.25) is 0 Å². The fraction of sp³-hybridized carbons (Fsp3) is 0.333. The van der Waals surface area contributed by atoms with E-state index in [1.54, 1.807) is 6.07 Å². The van der Waals surface area contributed by atoms with E-state index in [1.807, 2.05) is 0 Å². The molecule has 1 rings (SSSR count). The topological polar surface area (TPSA) is 104 Å². The zero-order valence-electron chi connectivity index (χ0n) is 8.90. The lowest BCUT2D eigenvalue weighted by Crippen LogP contribution is -2.19. The molecule has 1 aromatic rings. The summed E-state index contributed by atoms with van der Waals surface area (Å²) in [6.45, 7) is 0.346. The van der Waals surface area contributed by atoms with Gasteiger partial charge in [0, 0.05) is 6.54 Å². The number of hydrogen-bond donors (Lipinski definition) is 4. The first-order valence-corrected chi connectivity index (χ1v) is 6.17. The molecule has 0 aliphatic rings. The molecule has 0 fully saturated rings. The number of nitrogens with one attached hydrogen (secondary N) is 2. The van der Waals surface area contributed by atoms with Crippen LogP contribution in [0, 0.1) is 0 Å². The molecule has 7 heteroatoms. The molecular formula is C9H15N3O3S. The molecule has 0 saturated carbocycles. The molecule has 0 aliphatic carbocycles. The van der Waals surface area contributed by atoms with Crippen LogP contribution in [0.4, 0.5) is 11.4 Å². The van der Waals surface area contributed by atoms with Crippen LogP contribution in [0.25, 0.3) is 0 Å². The Morgan fingerprint density at radius 2 is 2.12 bits per heavy atom. The Hall–Kier alpha value is -1.31. The van der Waals surface area contributed by atoms with Crippen LogP contribution in [0.3, 0.4) is 0 Å². The maximum absolute atomic E-state index is 11.5. The maximum atomic E-state index is 11.5. The predicted molar refractivity (Wildman–Crippen MR) is 62.7 cm³/mol. The number of anilines is 2. The number of sulfonamides is 1. The van der Waals surface area contributed by atoms with Crippen molar-refractivity contribution < 1.29 is 13.5 Å². The van der Waals surface area contributed by atoms with Crippen molar-refractivity contribution in [3.05, 3.63) is 18.2 Å². The highest BCUT2D eigenvalue weighted by Gasteiger charge is 2.12. The lowest BCUT2D eigenvalue weighted by Gasteiger charge is -2.09. The molecule has 0 aliphatic heterocycles. The summed E-state index contributed by atoms with van der Waals surface area (Å²) in [6, 6.07) is 4.38. The molecule has 0 radical (unpaired) electrons. The normalized spacial score (nSPS) is 11.4. The van der Waals surface area contributed by atoms with Gasteiger partial charge in [-0.1, -0.05) is 0 Å². The van der Waals surface area contributed by atoms with Crippen molar-refractivity contribution in [3.63, 3.8) is 0 Å². The summed E-state index contributed by atoms with van der Waals surface area (Å²) in [5.41, 5.74) is 6.60. The zero-order valence-corrected chi connectivity index (χ0v) is 9.71. The maximum Gasteiger partial charge on any atom is 0.240 e. The summed E-state index contributed by atoms with van der Waals surface area (Å²) in [4.78, 5) is 0.113. The third kappa shape index (κ3) is 2.84. The quantitative estimate of drug-likeness (QED) is 0.527. The van der Waals surface area contributed by atoms with E-state index in [2.05, 4.69) is 10.0 Å². The van der Waals surface area contributed by atoms with Gasteiger partial charge in [-0.25, -0.2) is 13.1 Å². The van der Waals surface area contributed by atoms with Gasteiger partial charge < -0.3 is 16.2 Å². The lowest BCUT2D eigenvalue weighted by atomic mass is 10.2. The predicted octanol–water partition coefficient (Wildman–Crippen LogP) is -0.419.